The molecule has 0 spiro atoms. The summed E-state index contributed by atoms with van der Waals surface area (Å²) in [6.07, 6.45) is 0. The van der Waals surface area contributed by atoms with Crippen LogP contribution in [0.25, 0.3) is 0 Å². The molecule has 11 heteroatoms. The van der Waals surface area contributed by atoms with Crippen molar-refractivity contribution in [3.8, 4) is 0 Å². The Kier molecular flexibility index (Phi) is 24.8. The topological polar surface area (TPSA) is 138 Å². The normalized spacial score (nSPS) is 7.82. The third-order valence-electron chi connectivity index (χ3n) is 0. The smallest absolute Gasteiger partial charge is 1.00 e. The van der Waals surface area contributed by atoms with Gasteiger partial charge in [0, 0.05) is 0 Å². The summed E-state index contributed by atoms with van der Waals surface area (Å²) in [4.78, 5) is 21.6. The summed E-state index contributed by atoms with van der Waals surface area (Å²) in [6.45, 7) is 0. The molecule has 0 bridgehead atoms. The van der Waals surface area contributed by atoms with Gasteiger partial charge in [-0.3, -0.25) is 0 Å². The number of phosphoric acid groups is 1. The second-order valence-corrected chi connectivity index (χ2v) is 1.89. The Balaban J connectivity index is -0.0000000146. The molecule has 0 fully saturated rings. The standard InChI is InChI=1S/Al.BH3O3.Ca.H3O4P.5H/c;2-1(3)4;;1-5(2,3)4;;;;;/h;2-4H;;(H3,1,2,3,4);;;;;/q;;+2;;;;;2*-1. The van der Waals surface area contributed by atoms with Gasteiger partial charge in [-0.2, -0.15) is 0 Å². The van der Waals surface area contributed by atoms with Crippen LogP contribution < -0.4 is 0 Å². The van der Waals surface area contributed by atoms with Crippen molar-refractivity contribution in [2.75, 3.05) is 0 Å². The summed E-state index contributed by atoms with van der Waals surface area (Å²) in [7, 11) is -6.81. The second-order valence-electron chi connectivity index (χ2n) is 0.860. The molecule has 7 nitrogen and oxygen atoms in total. The van der Waals surface area contributed by atoms with Crippen LogP contribution in [0, 0.1) is 0 Å². The van der Waals surface area contributed by atoms with Crippen LogP contribution in [0.1, 0.15) is 2.85 Å². The molecule has 0 aliphatic rings. The van der Waals surface area contributed by atoms with E-state index in [4.69, 9.17) is 34.3 Å². The third kappa shape index (κ3) is 337. The van der Waals surface area contributed by atoms with Crippen LogP contribution in [-0.2, 0) is 4.57 Å². The zero-order valence-electron chi connectivity index (χ0n) is 6.82. The van der Waals surface area contributed by atoms with Gasteiger partial charge in [-0.15, -0.1) is 0 Å². The first-order valence-electron chi connectivity index (χ1n) is 1.56. The number of hydrogen-bond acceptors (Lipinski definition) is 4. The van der Waals surface area contributed by atoms with Gasteiger partial charge in [0.2, 0.25) is 0 Å². The first-order valence-corrected chi connectivity index (χ1v) is 3.12. The van der Waals surface area contributed by atoms with E-state index < -0.39 is 15.1 Å². The Morgan fingerprint density at radius 1 is 1.09 bits per heavy atom. The molecule has 66 valence electrons. The van der Waals surface area contributed by atoms with E-state index in [-0.39, 0.29) is 58.0 Å². The molecule has 0 aliphatic heterocycles. The van der Waals surface area contributed by atoms with Gasteiger partial charge in [-0.1, -0.05) is 0 Å². The Morgan fingerprint density at radius 3 is 1.09 bits per heavy atom. The molecule has 0 rings (SSSR count). The molecule has 0 aromatic carbocycles. The quantitative estimate of drug-likeness (QED) is 0.183. The minimum absolute atomic E-state index is 0. The van der Waals surface area contributed by atoms with Gasteiger partial charge in [0.05, 0.1) is 0 Å². The first kappa shape index (κ1) is 23.0. The maximum absolute atomic E-state index is 8.88. The van der Waals surface area contributed by atoms with E-state index in [2.05, 4.69) is 0 Å². The van der Waals surface area contributed by atoms with Crippen molar-refractivity contribution in [3.05, 3.63) is 0 Å². The summed E-state index contributed by atoms with van der Waals surface area (Å²) >= 11 is 0. The van der Waals surface area contributed by atoms with Crippen LogP contribution in [-0.4, -0.2) is 92.2 Å². The molecule has 0 aromatic heterocycles. The maximum atomic E-state index is 8.88. The predicted octanol–water partition coefficient (Wildman–Crippen LogP) is -4.32. The minimum atomic E-state index is -4.64. The minimum Gasteiger partial charge on any atom is -1.00 e. The van der Waals surface area contributed by atoms with Crippen molar-refractivity contribution in [1.82, 2.24) is 0 Å². The van der Waals surface area contributed by atoms with Gasteiger partial charge < -0.3 is 32.6 Å². The summed E-state index contributed by atoms with van der Waals surface area (Å²) in [6, 6.07) is 0. The summed E-state index contributed by atoms with van der Waals surface area (Å²) in [5, 5.41) is 21.5. The van der Waals surface area contributed by atoms with Gasteiger partial charge in [-0.25, -0.2) is 4.57 Å². The summed E-state index contributed by atoms with van der Waals surface area (Å²) in [5.41, 5.74) is 0. The van der Waals surface area contributed by atoms with Crippen LogP contribution in [0.15, 0.2) is 0 Å². The SMILES string of the molecule is O=P(O)(O)O.OB(O)O.[AlH3].[Ca+2].[H-].[H-]. The molecule has 0 saturated carbocycles. The molecular weight excluding hydrogens is 221 g/mol. The molecule has 6 N–H and O–H groups in total. The van der Waals surface area contributed by atoms with Crippen LogP contribution >= 0.6 is 7.82 Å². The fourth-order valence-corrected chi connectivity index (χ4v) is 0. The monoisotopic (exact) mass is 232 g/mol. The third-order valence-corrected chi connectivity index (χ3v) is 0. The van der Waals surface area contributed by atoms with Gasteiger partial charge in [0.25, 0.3) is 0 Å². The molecule has 0 radical (unpaired) electrons. The molecular formula is H11AlBCaO7P. The molecule has 0 amide bonds. The zero-order valence-corrected chi connectivity index (χ0v) is 7.93. The van der Waals surface area contributed by atoms with Crippen molar-refractivity contribution in [3.63, 3.8) is 0 Å². The largest absolute Gasteiger partial charge is 2.00 e. The maximum Gasteiger partial charge on any atom is 2.00 e. The van der Waals surface area contributed by atoms with Crippen LogP contribution in [0.2, 0.25) is 0 Å². The van der Waals surface area contributed by atoms with E-state index >= 15 is 0 Å². The molecule has 0 heterocycles. The molecule has 11 heavy (non-hydrogen) atoms. The van der Waals surface area contributed by atoms with E-state index in [0.717, 1.165) is 0 Å². The Bertz CT molecular complexity index is 97.6. The van der Waals surface area contributed by atoms with E-state index in [1.807, 2.05) is 0 Å². The fourth-order valence-electron chi connectivity index (χ4n) is 0. The van der Waals surface area contributed by atoms with Crippen molar-refractivity contribution in [2.45, 2.75) is 0 Å². The van der Waals surface area contributed by atoms with E-state index in [1.165, 1.54) is 0 Å². The molecule has 0 saturated heterocycles. The molecule has 0 aromatic rings. The zero-order chi connectivity index (χ0) is 8.08. The van der Waals surface area contributed by atoms with E-state index in [1.54, 1.807) is 0 Å². The van der Waals surface area contributed by atoms with Gasteiger partial charge in [0.15, 0.2) is 17.4 Å². The van der Waals surface area contributed by atoms with Gasteiger partial charge in [-0.05, 0) is 0 Å². The van der Waals surface area contributed by atoms with Crippen LogP contribution in [0.5, 0.6) is 0 Å². The average molecular weight is 232 g/mol. The van der Waals surface area contributed by atoms with Crippen molar-refractivity contribution < 1.29 is 37.2 Å². The van der Waals surface area contributed by atoms with Crippen LogP contribution in [0.3, 0.4) is 0 Å². The number of rotatable bonds is 0. The van der Waals surface area contributed by atoms with Crippen LogP contribution in [0.4, 0.5) is 0 Å². The van der Waals surface area contributed by atoms with Crippen molar-refractivity contribution in [1.29, 1.82) is 0 Å². The second kappa shape index (κ2) is 11.8. The number of hydrogen-bond donors (Lipinski definition) is 6. The Morgan fingerprint density at radius 2 is 1.09 bits per heavy atom. The average Bonchev–Trinajstić information content (AvgIpc) is 1.19. The van der Waals surface area contributed by atoms with Crippen molar-refractivity contribution >= 4 is 70.2 Å². The van der Waals surface area contributed by atoms with E-state index in [9.17, 15) is 0 Å². The molecule has 0 aliphatic carbocycles. The van der Waals surface area contributed by atoms with Gasteiger partial charge in [0.1, 0.15) is 0 Å². The summed E-state index contributed by atoms with van der Waals surface area (Å²) in [5.74, 6) is 0. The first-order chi connectivity index (χ1) is 3.73. The fraction of sp³-hybridized carbons (Fsp3) is 0. The molecule has 0 atom stereocenters. The Labute approximate surface area is 107 Å². The summed E-state index contributed by atoms with van der Waals surface area (Å²) < 4.78 is 8.88. The Hall–Kier alpha value is 1.85. The van der Waals surface area contributed by atoms with E-state index in [0.29, 0.717) is 0 Å². The van der Waals surface area contributed by atoms with Crippen molar-refractivity contribution in [2.24, 2.45) is 0 Å². The molecule has 0 unspecified atom stereocenters. The predicted molar refractivity (Wildman–Crippen MR) is 44.6 cm³/mol. The van der Waals surface area contributed by atoms with Gasteiger partial charge >= 0.3 is 52.9 Å².